The third-order valence-electron chi connectivity index (χ3n) is 2.79. The van der Waals surface area contributed by atoms with E-state index in [1.54, 1.807) is 0 Å². The van der Waals surface area contributed by atoms with Crippen molar-refractivity contribution >= 4 is 5.91 Å². The van der Waals surface area contributed by atoms with E-state index in [9.17, 15) is 4.79 Å². The van der Waals surface area contributed by atoms with Crippen LogP contribution in [0, 0.1) is 5.92 Å². The summed E-state index contributed by atoms with van der Waals surface area (Å²) in [5.74, 6) is 0.335. The van der Waals surface area contributed by atoms with Crippen LogP contribution in [-0.4, -0.2) is 50.2 Å². The van der Waals surface area contributed by atoms with Gasteiger partial charge in [-0.05, 0) is 27.3 Å². The van der Waals surface area contributed by atoms with Gasteiger partial charge in [0.25, 0.3) is 0 Å². The third kappa shape index (κ3) is 3.47. The molecule has 4 nitrogen and oxygen atoms in total. The van der Waals surface area contributed by atoms with Crippen molar-refractivity contribution in [3.63, 3.8) is 0 Å². The molecule has 0 spiro atoms. The maximum Gasteiger partial charge on any atom is 0.228 e. The van der Waals surface area contributed by atoms with Gasteiger partial charge in [0.1, 0.15) is 0 Å². The van der Waals surface area contributed by atoms with Crippen LogP contribution in [0.25, 0.3) is 0 Å². The Bertz CT molecular complexity index is 201. The Labute approximate surface area is 92.0 Å². The predicted octanol–water partition coefficient (Wildman–Crippen LogP) is 0.479. The number of carbonyl (C=O) groups is 1. The lowest BCUT2D eigenvalue weighted by Gasteiger charge is -2.28. The van der Waals surface area contributed by atoms with Crippen molar-refractivity contribution in [1.29, 1.82) is 0 Å². The zero-order valence-electron chi connectivity index (χ0n) is 9.95. The summed E-state index contributed by atoms with van der Waals surface area (Å²) in [7, 11) is 1.90. The number of rotatable bonds is 5. The molecule has 0 saturated carbocycles. The molecule has 1 unspecified atom stereocenters. The molecule has 0 radical (unpaired) electrons. The van der Waals surface area contributed by atoms with Gasteiger partial charge in [0.2, 0.25) is 5.91 Å². The van der Waals surface area contributed by atoms with Crippen LogP contribution in [0.3, 0.4) is 0 Å². The van der Waals surface area contributed by atoms with E-state index in [2.05, 4.69) is 19.2 Å². The summed E-state index contributed by atoms with van der Waals surface area (Å²) in [5.41, 5.74) is 0. The molecule has 1 rings (SSSR count). The molecule has 15 heavy (non-hydrogen) atoms. The molecule has 0 aromatic carbocycles. The number of carbonyl (C=O) groups excluding carboxylic acids is 1. The lowest BCUT2D eigenvalue weighted by molar-refractivity contribution is -0.137. The molecular weight excluding hydrogens is 192 g/mol. The molecule has 1 N–H and O–H groups in total. The minimum absolute atomic E-state index is 0.0873. The largest absolute Gasteiger partial charge is 0.381 e. The van der Waals surface area contributed by atoms with Gasteiger partial charge >= 0.3 is 0 Å². The Hall–Kier alpha value is -0.610. The molecule has 1 fully saturated rings. The van der Waals surface area contributed by atoms with Crippen LogP contribution in [0.2, 0.25) is 0 Å². The van der Waals surface area contributed by atoms with Gasteiger partial charge in [0.05, 0.1) is 12.5 Å². The van der Waals surface area contributed by atoms with Crippen LogP contribution >= 0.6 is 0 Å². The fourth-order valence-electron chi connectivity index (χ4n) is 1.82. The van der Waals surface area contributed by atoms with Gasteiger partial charge in [-0.2, -0.15) is 0 Å². The van der Waals surface area contributed by atoms with Gasteiger partial charge in [0.15, 0.2) is 0 Å². The molecule has 88 valence electrons. The number of ether oxygens (including phenoxy) is 1. The molecule has 4 heteroatoms. The highest BCUT2D eigenvalue weighted by Crippen LogP contribution is 2.16. The highest BCUT2D eigenvalue weighted by molar-refractivity contribution is 5.79. The predicted molar refractivity (Wildman–Crippen MR) is 59.7 cm³/mol. The smallest absolute Gasteiger partial charge is 0.228 e. The minimum Gasteiger partial charge on any atom is -0.381 e. The second kappa shape index (κ2) is 6.08. The molecule has 1 saturated heterocycles. The summed E-state index contributed by atoms with van der Waals surface area (Å²) in [6.07, 6.45) is 0.877. The van der Waals surface area contributed by atoms with Crippen LogP contribution in [0.15, 0.2) is 0 Å². The van der Waals surface area contributed by atoms with Gasteiger partial charge in [-0.15, -0.1) is 0 Å². The Balaban J connectivity index is 2.49. The van der Waals surface area contributed by atoms with Crippen LogP contribution in [0.4, 0.5) is 0 Å². The van der Waals surface area contributed by atoms with Crippen molar-refractivity contribution in [1.82, 2.24) is 10.2 Å². The lowest BCUT2D eigenvalue weighted by Crippen LogP contribution is -2.44. The highest BCUT2D eigenvalue weighted by atomic mass is 16.5. The fourth-order valence-corrected chi connectivity index (χ4v) is 1.82. The van der Waals surface area contributed by atoms with E-state index < -0.39 is 0 Å². The van der Waals surface area contributed by atoms with E-state index in [0.29, 0.717) is 6.61 Å². The summed E-state index contributed by atoms with van der Waals surface area (Å²) in [6, 6.07) is 0.270. The van der Waals surface area contributed by atoms with Crippen LogP contribution in [0.1, 0.15) is 20.3 Å². The first-order valence-electron chi connectivity index (χ1n) is 5.69. The molecule has 1 atom stereocenters. The standard InChI is InChI=1S/C11H22N2O2/c1-9(2)13(6-5-12-3)11(14)10-4-7-15-8-10/h9-10,12H,4-8H2,1-3H3. The van der Waals surface area contributed by atoms with E-state index in [1.807, 2.05) is 11.9 Å². The molecule has 0 bridgehead atoms. The number of nitrogens with one attached hydrogen (secondary N) is 1. The first-order valence-corrected chi connectivity index (χ1v) is 5.69. The fraction of sp³-hybridized carbons (Fsp3) is 0.909. The number of hydrogen-bond donors (Lipinski definition) is 1. The maximum atomic E-state index is 12.1. The van der Waals surface area contributed by atoms with Crippen molar-refractivity contribution in [2.24, 2.45) is 5.92 Å². The number of likely N-dealkylation sites (N-methyl/N-ethyl adjacent to an activating group) is 1. The quantitative estimate of drug-likeness (QED) is 0.724. The first-order chi connectivity index (χ1) is 7.16. The molecule has 0 aromatic rings. The Morgan fingerprint density at radius 2 is 2.33 bits per heavy atom. The highest BCUT2D eigenvalue weighted by Gasteiger charge is 2.28. The second-order valence-electron chi connectivity index (χ2n) is 4.29. The zero-order chi connectivity index (χ0) is 11.3. The van der Waals surface area contributed by atoms with Crippen LogP contribution < -0.4 is 5.32 Å². The van der Waals surface area contributed by atoms with E-state index in [0.717, 1.165) is 26.1 Å². The normalized spacial score (nSPS) is 20.9. The van der Waals surface area contributed by atoms with Crippen LogP contribution in [-0.2, 0) is 9.53 Å². The average molecular weight is 214 g/mol. The summed E-state index contributed by atoms with van der Waals surface area (Å²) in [4.78, 5) is 14.1. The molecule has 1 amide bonds. The summed E-state index contributed by atoms with van der Waals surface area (Å²) in [6.45, 7) is 7.07. The van der Waals surface area contributed by atoms with E-state index >= 15 is 0 Å². The molecular formula is C11H22N2O2. The van der Waals surface area contributed by atoms with Gasteiger partial charge in [-0.25, -0.2) is 0 Å². The van der Waals surface area contributed by atoms with Crippen molar-refractivity contribution in [2.45, 2.75) is 26.3 Å². The summed E-state index contributed by atoms with van der Waals surface area (Å²) in [5, 5.41) is 3.07. The van der Waals surface area contributed by atoms with Crippen molar-refractivity contribution in [2.75, 3.05) is 33.4 Å². The molecule has 1 aliphatic heterocycles. The maximum absolute atomic E-state index is 12.1. The Morgan fingerprint density at radius 3 is 2.80 bits per heavy atom. The second-order valence-corrected chi connectivity index (χ2v) is 4.29. The SMILES string of the molecule is CNCCN(C(=O)C1CCOC1)C(C)C. The van der Waals surface area contributed by atoms with E-state index in [-0.39, 0.29) is 17.9 Å². The van der Waals surface area contributed by atoms with E-state index in [4.69, 9.17) is 4.74 Å². The van der Waals surface area contributed by atoms with Crippen molar-refractivity contribution in [3.8, 4) is 0 Å². The minimum atomic E-state index is 0.0873. The van der Waals surface area contributed by atoms with Crippen LogP contribution in [0.5, 0.6) is 0 Å². The monoisotopic (exact) mass is 214 g/mol. The number of nitrogens with zero attached hydrogens (tertiary/aromatic N) is 1. The lowest BCUT2D eigenvalue weighted by atomic mass is 10.1. The van der Waals surface area contributed by atoms with Gasteiger partial charge in [-0.1, -0.05) is 0 Å². The molecule has 1 heterocycles. The Kier molecular flexibility index (Phi) is 5.05. The Morgan fingerprint density at radius 1 is 1.60 bits per heavy atom. The third-order valence-corrected chi connectivity index (χ3v) is 2.79. The van der Waals surface area contributed by atoms with Gasteiger partial charge in [0, 0.05) is 25.7 Å². The van der Waals surface area contributed by atoms with Gasteiger partial charge < -0.3 is 15.0 Å². The molecule has 0 aromatic heterocycles. The summed E-state index contributed by atoms with van der Waals surface area (Å²) >= 11 is 0. The number of hydrogen-bond acceptors (Lipinski definition) is 3. The average Bonchev–Trinajstić information content (AvgIpc) is 2.70. The van der Waals surface area contributed by atoms with Gasteiger partial charge in [-0.3, -0.25) is 4.79 Å². The molecule has 1 aliphatic rings. The van der Waals surface area contributed by atoms with E-state index in [1.165, 1.54) is 0 Å². The van der Waals surface area contributed by atoms with Crippen molar-refractivity contribution < 1.29 is 9.53 Å². The summed E-state index contributed by atoms with van der Waals surface area (Å²) < 4.78 is 5.25. The van der Waals surface area contributed by atoms with Crippen molar-refractivity contribution in [3.05, 3.63) is 0 Å². The zero-order valence-corrected chi connectivity index (χ0v) is 9.95. The number of amides is 1. The first kappa shape index (κ1) is 12.5. The molecule has 0 aliphatic carbocycles. The topological polar surface area (TPSA) is 41.6 Å².